The zero-order chi connectivity index (χ0) is 14.3. The third-order valence-electron chi connectivity index (χ3n) is 2.60. The summed E-state index contributed by atoms with van der Waals surface area (Å²) in [5.74, 6) is 0.528. The summed E-state index contributed by atoms with van der Waals surface area (Å²) in [6, 6.07) is 6.65. The predicted molar refractivity (Wildman–Crippen MR) is 72.4 cm³/mol. The second kappa shape index (κ2) is 7.25. The van der Waals surface area contributed by atoms with Gasteiger partial charge in [0, 0.05) is 19.2 Å². The van der Waals surface area contributed by atoms with Crippen molar-refractivity contribution in [2.45, 2.75) is 13.3 Å². The van der Waals surface area contributed by atoms with Crippen molar-refractivity contribution in [1.29, 1.82) is 0 Å². The highest BCUT2D eigenvalue weighted by Crippen LogP contribution is 2.12. The van der Waals surface area contributed by atoms with Gasteiger partial charge in [0.2, 0.25) is 0 Å². The average Bonchev–Trinajstić information content (AvgIpc) is 2.44. The smallest absolute Gasteiger partial charge is 0.260 e. The van der Waals surface area contributed by atoms with Crippen LogP contribution in [0.5, 0.6) is 5.75 Å². The molecule has 0 spiro atoms. The molecule has 6 heteroatoms. The Kier molecular flexibility index (Phi) is 5.66. The molecule has 0 aliphatic rings. The maximum Gasteiger partial charge on any atom is 0.260 e. The lowest BCUT2D eigenvalue weighted by Gasteiger charge is -2.16. The van der Waals surface area contributed by atoms with E-state index in [4.69, 9.17) is 15.7 Å². The number of hydrogen-bond donors (Lipinski definition) is 2. The van der Waals surface area contributed by atoms with Gasteiger partial charge in [0.25, 0.3) is 5.91 Å². The SMILES string of the molecule is CCCN(C)C(=O)COc1ccc(/C(N)=N/O)cc1. The monoisotopic (exact) mass is 265 g/mol. The standard InChI is InChI=1S/C13H19N3O3/c1-3-8-16(2)12(17)9-19-11-6-4-10(5-7-11)13(14)15-18/h4-7,18H,3,8-9H2,1-2H3,(H2,14,15). The molecule has 0 radical (unpaired) electrons. The number of likely N-dealkylation sites (N-methyl/N-ethyl adjacent to an activating group) is 1. The quantitative estimate of drug-likeness (QED) is 0.348. The molecule has 0 saturated carbocycles. The molecule has 0 aliphatic carbocycles. The lowest BCUT2D eigenvalue weighted by atomic mass is 10.2. The number of nitrogens with two attached hydrogens (primary N) is 1. The van der Waals surface area contributed by atoms with Crippen molar-refractivity contribution in [3.63, 3.8) is 0 Å². The molecule has 0 unspecified atom stereocenters. The number of ether oxygens (including phenoxy) is 1. The first-order valence-corrected chi connectivity index (χ1v) is 6.03. The van der Waals surface area contributed by atoms with Gasteiger partial charge in [-0.1, -0.05) is 12.1 Å². The van der Waals surface area contributed by atoms with Gasteiger partial charge in [-0.25, -0.2) is 0 Å². The summed E-state index contributed by atoms with van der Waals surface area (Å²) in [7, 11) is 1.75. The molecule has 6 nitrogen and oxygen atoms in total. The Bertz CT molecular complexity index is 443. The van der Waals surface area contributed by atoms with Crippen molar-refractivity contribution in [3.8, 4) is 5.75 Å². The van der Waals surface area contributed by atoms with Gasteiger partial charge in [0.15, 0.2) is 12.4 Å². The van der Waals surface area contributed by atoms with Crippen molar-refractivity contribution in [1.82, 2.24) is 4.90 Å². The highest BCUT2D eigenvalue weighted by atomic mass is 16.5. The number of amidine groups is 1. The summed E-state index contributed by atoms with van der Waals surface area (Å²) >= 11 is 0. The molecular formula is C13H19N3O3. The largest absolute Gasteiger partial charge is 0.484 e. The normalized spacial score (nSPS) is 11.2. The van der Waals surface area contributed by atoms with E-state index in [1.54, 1.807) is 36.2 Å². The van der Waals surface area contributed by atoms with E-state index in [0.29, 0.717) is 17.9 Å². The second-order valence-corrected chi connectivity index (χ2v) is 4.11. The summed E-state index contributed by atoms with van der Waals surface area (Å²) in [5.41, 5.74) is 6.03. The van der Waals surface area contributed by atoms with Crippen molar-refractivity contribution in [2.75, 3.05) is 20.2 Å². The van der Waals surface area contributed by atoms with E-state index in [-0.39, 0.29) is 18.3 Å². The Labute approximate surface area is 112 Å². The average molecular weight is 265 g/mol. The van der Waals surface area contributed by atoms with Crippen molar-refractivity contribution in [3.05, 3.63) is 29.8 Å². The Hall–Kier alpha value is -2.24. The molecule has 0 aliphatic heterocycles. The van der Waals surface area contributed by atoms with Gasteiger partial charge < -0.3 is 20.6 Å². The van der Waals surface area contributed by atoms with E-state index in [1.807, 2.05) is 6.92 Å². The van der Waals surface area contributed by atoms with Gasteiger partial charge in [-0.2, -0.15) is 0 Å². The van der Waals surface area contributed by atoms with Crippen LogP contribution in [-0.2, 0) is 4.79 Å². The molecule has 1 aromatic carbocycles. The zero-order valence-corrected chi connectivity index (χ0v) is 11.2. The molecule has 1 aromatic rings. The van der Waals surface area contributed by atoms with Crippen molar-refractivity contribution in [2.24, 2.45) is 10.9 Å². The van der Waals surface area contributed by atoms with Crippen LogP contribution in [0.25, 0.3) is 0 Å². The fraction of sp³-hybridized carbons (Fsp3) is 0.385. The number of oxime groups is 1. The molecule has 1 rings (SSSR count). The minimum atomic E-state index is -0.0673. The van der Waals surface area contributed by atoms with Crippen molar-refractivity contribution >= 4 is 11.7 Å². The molecule has 0 heterocycles. The van der Waals surface area contributed by atoms with Crippen LogP contribution in [0, 0.1) is 0 Å². The lowest BCUT2D eigenvalue weighted by molar-refractivity contribution is -0.132. The highest BCUT2D eigenvalue weighted by molar-refractivity contribution is 5.97. The van der Waals surface area contributed by atoms with Crippen LogP contribution in [0.2, 0.25) is 0 Å². The van der Waals surface area contributed by atoms with Gasteiger partial charge in [-0.05, 0) is 30.7 Å². The Morgan fingerprint density at radius 2 is 2.05 bits per heavy atom. The van der Waals surface area contributed by atoms with E-state index in [2.05, 4.69) is 5.16 Å². The van der Waals surface area contributed by atoms with Gasteiger partial charge >= 0.3 is 0 Å². The van der Waals surface area contributed by atoms with Crippen molar-refractivity contribution < 1.29 is 14.7 Å². The molecule has 0 saturated heterocycles. The van der Waals surface area contributed by atoms with E-state index in [9.17, 15) is 4.79 Å². The summed E-state index contributed by atoms with van der Waals surface area (Å²) in [4.78, 5) is 13.3. The molecule has 0 atom stereocenters. The molecular weight excluding hydrogens is 246 g/mol. The molecule has 0 fully saturated rings. The first-order valence-electron chi connectivity index (χ1n) is 6.03. The predicted octanol–water partition coefficient (Wildman–Crippen LogP) is 1.03. The maximum atomic E-state index is 11.7. The van der Waals surface area contributed by atoms with Gasteiger partial charge in [-0.15, -0.1) is 0 Å². The first kappa shape index (κ1) is 14.8. The number of benzene rings is 1. The number of nitrogens with zero attached hydrogens (tertiary/aromatic N) is 2. The maximum absolute atomic E-state index is 11.7. The summed E-state index contributed by atoms with van der Waals surface area (Å²) < 4.78 is 5.37. The number of rotatable bonds is 6. The number of carbonyl (C=O) groups excluding carboxylic acids is 1. The summed E-state index contributed by atoms with van der Waals surface area (Å²) in [6.45, 7) is 2.72. The third-order valence-corrected chi connectivity index (χ3v) is 2.60. The molecule has 19 heavy (non-hydrogen) atoms. The van der Waals surface area contributed by atoms with E-state index in [1.165, 1.54) is 0 Å². The van der Waals surface area contributed by atoms with Crippen LogP contribution < -0.4 is 10.5 Å². The highest BCUT2D eigenvalue weighted by Gasteiger charge is 2.08. The minimum Gasteiger partial charge on any atom is -0.484 e. The first-order chi connectivity index (χ1) is 9.08. The lowest BCUT2D eigenvalue weighted by Crippen LogP contribution is -2.31. The molecule has 0 aromatic heterocycles. The van der Waals surface area contributed by atoms with E-state index < -0.39 is 0 Å². The fourth-order valence-corrected chi connectivity index (χ4v) is 1.50. The summed E-state index contributed by atoms with van der Waals surface area (Å²) in [6.07, 6.45) is 0.913. The Morgan fingerprint density at radius 1 is 1.42 bits per heavy atom. The number of amides is 1. The topological polar surface area (TPSA) is 88.2 Å². The second-order valence-electron chi connectivity index (χ2n) is 4.11. The molecule has 1 amide bonds. The Balaban J connectivity index is 2.52. The fourth-order valence-electron chi connectivity index (χ4n) is 1.50. The number of hydrogen-bond acceptors (Lipinski definition) is 4. The van der Waals surface area contributed by atoms with E-state index >= 15 is 0 Å². The van der Waals surface area contributed by atoms with Crippen LogP contribution in [0.3, 0.4) is 0 Å². The van der Waals surface area contributed by atoms with Gasteiger partial charge in [0.1, 0.15) is 5.75 Å². The Morgan fingerprint density at radius 3 is 2.58 bits per heavy atom. The van der Waals surface area contributed by atoms with E-state index in [0.717, 1.165) is 6.42 Å². The van der Waals surface area contributed by atoms with Crippen LogP contribution in [0.1, 0.15) is 18.9 Å². The van der Waals surface area contributed by atoms with Crippen LogP contribution in [0.15, 0.2) is 29.4 Å². The molecule has 0 bridgehead atoms. The molecule has 3 N–H and O–H groups in total. The van der Waals surface area contributed by atoms with Crippen LogP contribution in [-0.4, -0.2) is 42.0 Å². The third kappa shape index (κ3) is 4.50. The molecule has 104 valence electrons. The van der Waals surface area contributed by atoms with Crippen LogP contribution >= 0.6 is 0 Å². The zero-order valence-electron chi connectivity index (χ0n) is 11.2. The number of carbonyl (C=O) groups is 1. The van der Waals surface area contributed by atoms with Gasteiger partial charge in [0.05, 0.1) is 0 Å². The minimum absolute atomic E-state index is 0.000577. The van der Waals surface area contributed by atoms with Crippen LogP contribution in [0.4, 0.5) is 0 Å². The van der Waals surface area contributed by atoms with Gasteiger partial charge in [-0.3, -0.25) is 4.79 Å². The summed E-state index contributed by atoms with van der Waals surface area (Å²) in [5, 5.41) is 11.4.